The Bertz CT molecular complexity index is 1460. The maximum absolute atomic E-state index is 13.0. The standard InChI is InChI=1S/C34H38N4O8/c39-29-13-11-27(31(41)35-29)37-19-25-21(5-1-9-23(25)33(37)43)7-3-15-45-17-18-46-16-4-8-22-6-2-10-24-26(22)20-38(34(24)44)28-12-14-30(40)36-32(28)42/h1-2,5-6,9-10,27-28H,3-4,7-8,11-20H2,(H,35,39,41)(H,36,40,42)/t27-,28?/m0/s1. The van der Waals surface area contributed by atoms with E-state index in [0.29, 0.717) is 63.5 Å². The van der Waals surface area contributed by atoms with E-state index in [1.54, 1.807) is 21.9 Å². The van der Waals surface area contributed by atoms with E-state index < -0.39 is 23.9 Å². The molecule has 2 fully saturated rings. The molecule has 6 rings (SSSR count). The smallest absolute Gasteiger partial charge is 0.255 e. The van der Waals surface area contributed by atoms with Crippen molar-refractivity contribution in [2.24, 2.45) is 0 Å². The average molecular weight is 631 g/mol. The molecule has 242 valence electrons. The van der Waals surface area contributed by atoms with Crippen LogP contribution >= 0.6 is 0 Å². The predicted octanol–water partition coefficient (Wildman–Crippen LogP) is 1.81. The van der Waals surface area contributed by atoms with Crippen LogP contribution < -0.4 is 10.6 Å². The number of carbonyl (C=O) groups excluding carboxylic acids is 6. The number of nitrogens with zero attached hydrogens (tertiary/aromatic N) is 2. The number of amides is 6. The fourth-order valence-electron chi connectivity index (χ4n) is 6.82. The highest BCUT2D eigenvalue weighted by Crippen LogP contribution is 2.31. The van der Waals surface area contributed by atoms with Gasteiger partial charge in [-0.25, -0.2) is 0 Å². The maximum atomic E-state index is 13.0. The van der Waals surface area contributed by atoms with Crippen molar-refractivity contribution in [3.63, 3.8) is 0 Å². The number of carbonyl (C=O) groups is 6. The molecule has 4 heterocycles. The summed E-state index contributed by atoms with van der Waals surface area (Å²) in [6, 6.07) is 10.1. The van der Waals surface area contributed by atoms with Crippen LogP contribution in [0.25, 0.3) is 0 Å². The lowest BCUT2D eigenvalue weighted by Gasteiger charge is -2.29. The number of aryl methyl sites for hydroxylation is 2. The molecule has 0 saturated carbocycles. The highest BCUT2D eigenvalue weighted by atomic mass is 16.5. The molecule has 46 heavy (non-hydrogen) atoms. The first kappa shape index (κ1) is 31.6. The van der Waals surface area contributed by atoms with Gasteiger partial charge in [-0.3, -0.25) is 39.4 Å². The van der Waals surface area contributed by atoms with Gasteiger partial charge in [-0.1, -0.05) is 24.3 Å². The fraction of sp³-hybridized carbons (Fsp3) is 0.471. The summed E-state index contributed by atoms with van der Waals surface area (Å²) < 4.78 is 11.5. The zero-order valence-corrected chi connectivity index (χ0v) is 25.7. The van der Waals surface area contributed by atoms with E-state index in [-0.39, 0.29) is 36.5 Å². The first-order valence-electron chi connectivity index (χ1n) is 16.0. The van der Waals surface area contributed by atoms with Crippen LogP contribution in [0.15, 0.2) is 36.4 Å². The molecule has 6 amide bonds. The van der Waals surface area contributed by atoms with Gasteiger partial charge in [0.1, 0.15) is 12.1 Å². The Morgan fingerprint density at radius 2 is 1.04 bits per heavy atom. The van der Waals surface area contributed by atoms with Crippen LogP contribution in [0.1, 0.15) is 81.5 Å². The zero-order chi connectivity index (χ0) is 32.2. The van der Waals surface area contributed by atoms with E-state index in [0.717, 1.165) is 47.9 Å². The van der Waals surface area contributed by atoms with Crippen molar-refractivity contribution in [1.29, 1.82) is 0 Å². The van der Waals surface area contributed by atoms with Crippen molar-refractivity contribution in [3.05, 3.63) is 69.8 Å². The van der Waals surface area contributed by atoms with E-state index in [9.17, 15) is 28.8 Å². The van der Waals surface area contributed by atoms with E-state index in [2.05, 4.69) is 10.6 Å². The number of benzene rings is 2. The highest BCUT2D eigenvalue weighted by Gasteiger charge is 2.41. The highest BCUT2D eigenvalue weighted by molar-refractivity contribution is 6.06. The zero-order valence-electron chi connectivity index (χ0n) is 25.7. The van der Waals surface area contributed by atoms with Crippen LogP contribution in [-0.4, -0.2) is 83.8 Å². The third-order valence-corrected chi connectivity index (χ3v) is 9.20. The molecule has 2 saturated heterocycles. The Hall–Kier alpha value is -4.42. The van der Waals surface area contributed by atoms with Gasteiger partial charge in [-0.15, -0.1) is 0 Å². The van der Waals surface area contributed by atoms with Crippen molar-refractivity contribution < 1.29 is 38.2 Å². The molecule has 12 heteroatoms. The van der Waals surface area contributed by atoms with E-state index in [4.69, 9.17) is 9.47 Å². The molecule has 2 aromatic carbocycles. The second kappa shape index (κ2) is 13.9. The number of hydrogen-bond donors (Lipinski definition) is 2. The van der Waals surface area contributed by atoms with Crippen LogP contribution in [-0.2, 0) is 54.6 Å². The molecule has 4 aliphatic heterocycles. The molecule has 0 radical (unpaired) electrons. The van der Waals surface area contributed by atoms with Crippen LogP contribution in [0.4, 0.5) is 0 Å². The molecular weight excluding hydrogens is 592 g/mol. The minimum Gasteiger partial charge on any atom is -0.379 e. The summed E-state index contributed by atoms with van der Waals surface area (Å²) in [6.07, 6.45) is 4.18. The molecule has 12 nitrogen and oxygen atoms in total. The molecule has 0 aliphatic carbocycles. The van der Waals surface area contributed by atoms with Gasteiger partial charge in [-0.05, 0) is 72.9 Å². The Labute approximate surface area is 266 Å². The van der Waals surface area contributed by atoms with E-state index >= 15 is 0 Å². The summed E-state index contributed by atoms with van der Waals surface area (Å²) in [6.45, 7) is 2.75. The number of fused-ring (bicyclic) bond motifs is 2. The van der Waals surface area contributed by atoms with Crippen molar-refractivity contribution in [2.75, 3.05) is 26.4 Å². The van der Waals surface area contributed by atoms with Crippen molar-refractivity contribution in [3.8, 4) is 0 Å². The van der Waals surface area contributed by atoms with Crippen LogP contribution in [0, 0.1) is 0 Å². The molecule has 2 aromatic rings. The number of imide groups is 2. The van der Waals surface area contributed by atoms with Crippen LogP contribution in [0.2, 0.25) is 0 Å². The molecule has 2 N–H and O–H groups in total. The van der Waals surface area contributed by atoms with Crippen LogP contribution in [0.5, 0.6) is 0 Å². The molecular formula is C34H38N4O8. The predicted molar refractivity (Wildman–Crippen MR) is 163 cm³/mol. The van der Waals surface area contributed by atoms with Crippen molar-refractivity contribution in [1.82, 2.24) is 20.4 Å². The third kappa shape index (κ3) is 6.59. The summed E-state index contributed by atoms with van der Waals surface area (Å²) in [7, 11) is 0. The Morgan fingerprint density at radius 1 is 0.609 bits per heavy atom. The van der Waals surface area contributed by atoms with Gasteiger partial charge >= 0.3 is 0 Å². The first-order chi connectivity index (χ1) is 22.3. The van der Waals surface area contributed by atoms with Crippen LogP contribution in [0.3, 0.4) is 0 Å². The number of rotatable bonds is 13. The Morgan fingerprint density at radius 3 is 1.46 bits per heavy atom. The molecule has 4 aliphatic rings. The number of hydrogen-bond acceptors (Lipinski definition) is 8. The van der Waals surface area contributed by atoms with Gasteiger partial charge in [0.25, 0.3) is 11.8 Å². The van der Waals surface area contributed by atoms with E-state index in [1.165, 1.54) is 0 Å². The monoisotopic (exact) mass is 630 g/mol. The van der Waals surface area contributed by atoms with Gasteiger partial charge in [0.15, 0.2) is 0 Å². The lowest BCUT2D eigenvalue weighted by atomic mass is 10.00. The molecule has 0 bridgehead atoms. The van der Waals surface area contributed by atoms with Gasteiger partial charge < -0.3 is 19.3 Å². The lowest BCUT2D eigenvalue weighted by Crippen LogP contribution is -2.52. The normalized spacial score (nSPS) is 21.0. The molecule has 0 spiro atoms. The van der Waals surface area contributed by atoms with E-state index in [1.807, 2.05) is 24.3 Å². The maximum Gasteiger partial charge on any atom is 0.255 e. The summed E-state index contributed by atoms with van der Waals surface area (Å²) in [5.74, 6) is -1.75. The second-order valence-corrected chi connectivity index (χ2v) is 12.1. The average Bonchev–Trinajstić information content (AvgIpc) is 3.55. The summed E-state index contributed by atoms with van der Waals surface area (Å²) in [5, 5.41) is 4.68. The SMILES string of the molecule is O=C1CCC(N2Cc3c(CCCOCCOCCCc4cccc5c4CN([C@H]4CCC(=O)NC4=O)C5=O)cccc3C2=O)C(=O)N1. The minimum atomic E-state index is -0.623. The summed E-state index contributed by atoms with van der Waals surface area (Å²) >= 11 is 0. The summed E-state index contributed by atoms with van der Waals surface area (Å²) in [5.41, 5.74) is 5.25. The Balaban J connectivity index is 0.882. The molecule has 1 unspecified atom stereocenters. The largest absolute Gasteiger partial charge is 0.379 e. The Kier molecular flexibility index (Phi) is 9.55. The van der Waals surface area contributed by atoms with Gasteiger partial charge in [-0.2, -0.15) is 0 Å². The third-order valence-electron chi connectivity index (χ3n) is 9.20. The topological polar surface area (TPSA) is 151 Å². The number of nitrogens with one attached hydrogen (secondary N) is 2. The fourth-order valence-corrected chi connectivity index (χ4v) is 6.82. The number of ether oxygens (including phenoxy) is 2. The lowest BCUT2D eigenvalue weighted by molar-refractivity contribution is -0.138. The van der Waals surface area contributed by atoms with Gasteiger partial charge in [0, 0.05) is 50.3 Å². The quantitative estimate of drug-likeness (QED) is 0.251. The molecule has 0 aromatic heterocycles. The first-order valence-corrected chi connectivity index (χ1v) is 16.0. The van der Waals surface area contributed by atoms with Gasteiger partial charge in [0.05, 0.1) is 13.2 Å². The minimum absolute atomic E-state index is 0.168. The molecule has 2 atom stereocenters. The summed E-state index contributed by atoms with van der Waals surface area (Å²) in [4.78, 5) is 76.9. The van der Waals surface area contributed by atoms with Crippen molar-refractivity contribution >= 4 is 35.4 Å². The van der Waals surface area contributed by atoms with Crippen molar-refractivity contribution in [2.45, 2.75) is 76.5 Å². The number of piperidine rings is 2. The second-order valence-electron chi connectivity index (χ2n) is 12.1. The van der Waals surface area contributed by atoms with Gasteiger partial charge in [0.2, 0.25) is 23.6 Å².